The van der Waals surface area contributed by atoms with Crippen molar-refractivity contribution < 1.29 is 9.18 Å². The van der Waals surface area contributed by atoms with Gasteiger partial charge in [0.15, 0.2) is 0 Å². The predicted molar refractivity (Wildman–Crippen MR) is 78.4 cm³/mol. The average molecular weight is 279 g/mol. The first-order chi connectivity index (χ1) is 9.70. The number of piperazine rings is 1. The minimum Gasteiger partial charge on any atom is -0.371 e. The molecular formula is C15H22FN3O. The lowest BCUT2D eigenvalue weighted by Crippen LogP contribution is -2.47. The SMILES string of the molecule is CCN(CCC(=O)N1CCNCC1)c1cccc(F)c1. The smallest absolute Gasteiger partial charge is 0.224 e. The number of carbonyl (C=O) groups excluding carboxylic acids is 1. The summed E-state index contributed by atoms with van der Waals surface area (Å²) in [7, 11) is 0. The van der Waals surface area contributed by atoms with E-state index in [1.807, 2.05) is 22.8 Å². The van der Waals surface area contributed by atoms with Crippen molar-refractivity contribution in [1.82, 2.24) is 10.2 Å². The molecule has 1 aliphatic heterocycles. The Kier molecular flexibility index (Phi) is 5.35. The number of hydrogen-bond acceptors (Lipinski definition) is 3. The molecule has 1 saturated heterocycles. The molecule has 4 nitrogen and oxygen atoms in total. The Morgan fingerprint density at radius 3 is 2.80 bits per heavy atom. The molecule has 1 fully saturated rings. The zero-order valence-electron chi connectivity index (χ0n) is 11.9. The van der Waals surface area contributed by atoms with Crippen molar-refractivity contribution >= 4 is 11.6 Å². The molecule has 1 N–H and O–H groups in total. The highest BCUT2D eigenvalue weighted by Gasteiger charge is 2.17. The second-order valence-corrected chi connectivity index (χ2v) is 4.94. The summed E-state index contributed by atoms with van der Waals surface area (Å²) in [6.45, 7) is 6.71. The molecule has 20 heavy (non-hydrogen) atoms. The maximum atomic E-state index is 13.2. The highest BCUT2D eigenvalue weighted by atomic mass is 19.1. The minimum absolute atomic E-state index is 0.182. The van der Waals surface area contributed by atoms with Crippen LogP contribution < -0.4 is 10.2 Å². The van der Waals surface area contributed by atoms with Crippen molar-refractivity contribution in [2.45, 2.75) is 13.3 Å². The Morgan fingerprint density at radius 2 is 2.15 bits per heavy atom. The Bertz CT molecular complexity index is 446. The zero-order valence-corrected chi connectivity index (χ0v) is 11.9. The summed E-state index contributed by atoms with van der Waals surface area (Å²) < 4.78 is 13.2. The van der Waals surface area contributed by atoms with Crippen LogP contribution in [0, 0.1) is 5.82 Å². The third kappa shape index (κ3) is 3.93. The van der Waals surface area contributed by atoms with E-state index in [1.165, 1.54) is 12.1 Å². The maximum absolute atomic E-state index is 13.2. The molecular weight excluding hydrogens is 257 g/mol. The van der Waals surface area contributed by atoms with E-state index < -0.39 is 0 Å². The summed E-state index contributed by atoms with van der Waals surface area (Å²) in [6.07, 6.45) is 0.477. The maximum Gasteiger partial charge on any atom is 0.224 e. The monoisotopic (exact) mass is 279 g/mol. The first kappa shape index (κ1) is 14.8. The summed E-state index contributed by atoms with van der Waals surface area (Å²) in [5, 5.41) is 3.23. The van der Waals surface area contributed by atoms with Gasteiger partial charge in [-0.1, -0.05) is 6.07 Å². The van der Waals surface area contributed by atoms with Gasteiger partial charge in [-0.2, -0.15) is 0 Å². The van der Waals surface area contributed by atoms with Crippen molar-refractivity contribution in [3.8, 4) is 0 Å². The van der Waals surface area contributed by atoms with Gasteiger partial charge >= 0.3 is 0 Å². The Labute approximate surface area is 119 Å². The van der Waals surface area contributed by atoms with Gasteiger partial charge in [0.05, 0.1) is 0 Å². The van der Waals surface area contributed by atoms with E-state index in [4.69, 9.17) is 0 Å². The molecule has 0 spiro atoms. The molecule has 1 amide bonds. The highest BCUT2D eigenvalue weighted by Crippen LogP contribution is 2.15. The molecule has 2 rings (SSSR count). The van der Waals surface area contributed by atoms with Gasteiger partial charge in [-0.15, -0.1) is 0 Å². The number of benzene rings is 1. The first-order valence-corrected chi connectivity index (χ1v) is 7.19. The van der Waals surface area contributed by atoms with Crippen LogP contribution in [-0.2, 0) is 4.79 Å². The fraction of sp³-hybridized carbons (Fsp3) is 0.533. The second kappa shape index (κ2) is 7.24. The van der Waals surface area contributed by atoms with Crippen LogP contribution in [0.1, 0.15) is 13.3 Å². The average Bonchev–Trinajstić information content (AvgIpc) is 2.48. The van der Waals surface area contributed by atoms with Gasteiger partial charge in [0, 0.05) is 51.4 Å². The van der Waals surface area contributed by atoms with Crippen LogP contribution in [0.3, 0.4) is 0 Å². The number of carbonyl (C=O) groups is 1. The molecule has 1 aromatic rings. The molecule has 0 aromatic heterocycles. The summed E-state index contributed by atoms with van der Waals surface area (Å²) in [6, 6.07) is 6.52. The van der Waals surface area contributed by atoms with Crippen LogP contribution in [0.25, 0.3) is 0 Å². The fourth-order valence-electron chi connectivity index (χ4n) is 2.45. The number of halogens is 1. The van der Waals surface area contributed by atoms with E-state index >= 15 is 0 Å². The number of hydrogen-bond donors (Lipinski definition) is 1. The van der Waals surface area contributed by atoms with Crippen LogP contribution in [0.4, 0.5) is 10.1 Å². The standard InChI is InChI=1S/C15H22FN3O/c1-2-18(14-5-3-4-13(16)12-14)9-6-15(20)19-10-7-17-8-11-19/h3-5,12,17H,2,6-11H2,1H3. The van der Waals surface area contributed by atoms with Gasteiger partial charge < -0.3 is 15.1 Å². The molecule has 1 aromatic carbocycles. The molecule has 0 atom stereocenters. The molecule has 5 heteroatoms. The fourth-order valence-corrected chi connectivity index (χ4v) is 2.45. The third-order valence-electron chi connectivity index (χ3n) is 3.62. The van der Waals surface area contributed by atoms with E-state index in [2.05, 4.69) is 5.32 Å². The zero-order chi connectivity index (χ0) is 14.4. The summed E-state index contributed by atoms with van der Waals surface area (Å²) in [5.74, 6) is -0.0595. The number of nitrogens with zero attached hydrogens (tertiary/aromatic N) is 2. The van der Waals surface area contributed by atoms with Gasteiger partial charge in [0.25, 0.3) is 0 Å². The van der Waals surface area contributed by atoms with Crippen LogP contribution in [0.15, 0.2) is 24.3 Å². The lowest BCUT2D eigenvalue weighted by atomic mass is 10.2. The van der Waals surface area contributed by atoms with E-state index in [0.29, 0.717) is 13.0 Å². The molecule has 0 unspecified atom stereocenters. The van der Waals surface area contributed by atoms with E-state index in [0.717, 1.165) is 38.4 Å². The predicted octanol–water partition coefficient (Wildman–Crippen LogP) is 1.47. The van der Waals surface area contributed by atoms with Crippen molar-refractivity contribution in [2.24, 2.45) is 0 Å². The molecule has 110 valence electrons. The quantitative estimate of drug-likeness (QED) is 0.886. The van der Waals surface area contributed by atoms with Gasteiger partial charge in [-0.05, 0) is 25.1 Å². The Balaban J connectivity index is 1.88. The Morgan fingerprint density at radius 1 is 1.40 bits per heavy atom. The van der Waals surface area contributed by atoms with Crippen molar-refractivity contribution in [1.29, 1.82) is 0 Å². The molecule has 0 radical (unpaired) electrons. The number of amides is 1. The summed E-state index contributed by atoms with van der Waals surface area (Å²) in [5.41, 5.74) is 0.834. The molecule has 1 heterocycles. The van der Waals surface area contributed by atoms with Gasteiger partial charge in [-0.25, -0.2) is 4.39 Å². The lowest BCUT2D eigenvalue weighted by molar-refractivity contribution is -0.131. The van der Waals surface area contributed by atoms with Gasteiger partial charge in [-0.3, -0.25) is 4.79 Å². The molecule has 0 bridgehead atoms. The van der Waals surface area contributed by atoms with Crippen molar-refractivity contribution in [3.63, 3.8) is 0 Å². The highest BCUT2D eigenvalue weighted by molar-refractivity contribution is 5.77. The lowest BCUT2D eigenvalue weighted by Gasteiger charge is -2.29. The van der Waals surface area contributed by atoms with Crippen molar-refractivity contribution in [3.05, 3.63) is 30.1 Å². The molecule has 0 saturated carbocycles. The number of nitrogens with one attached hydrogen (secondary N) is 1. The van der Waals surface area contributed by atoms with Crippen LogP contribution >= 0.6 is 0 Å². The number of rotatable bonds is 5. The van der Waals surface area contributed by atoms with Crippen molar-refractivity contribution in [2.75, 3.05) is 44.2 Å². The molecule has 1 aliphatic rings. The largest absolute Gasteiger partial charge is 0.371 e. The van der Waals surface area contributed by atoms with Crippen LogP contribution in [-0.4, -0.2) is 50.1 Å². The Hall–Kier alpha value is -1.62. The normalized spacial score (nSPS) is 15.2. The first-order valence-electron chi connectivity index (χ1n) is 7.19. The van der Waals surface area contributed by atoms with E-state index in [1.54, 1.807) is 6.07 Å². The van der Waals surface area contributed by atoms with E-state index in [9.17, 15) is 9.18 Å². The van der Waals surface area contributed by atoms with Gasteiger partial charge in [0.1, 0.15) is 5.82 Å². The van der Waals surface area contributed by atoms with Crippen LogP contribution in [0.2, 0.25) is 0 Å². The summed E-state index contributed by atoms with van der Waals surface area (Å²) in [4.78, 5) is 16.0. The summed E-state index contributed by atoms with van der Waals surface area (Å²) >= 11 is 0. The topological polar surface area (TPSA) is 35.6 Å². The van der Waals surface area contributed by atoms with Gasteiger partial charge in [0.2, 0.25) is 5.91 Å². The number of anilines is 1. The minimum atomic E-state index is -0.241. The second-order valence-electron chi connectivity index (χ2n) is 4.94. The van der Waals surface area contributed by atoms with Crippen LogP contribution in [0.5, 0.6) is 0 Å². The third-order valence-corrected chi connectivity index (χ3v) is 3.62. The van der Waals surface area contributed by atoms with E-state index in [-0.39, 0.29) is 11.7 Å². The molecule has 0 aliphatic carbocycles.